The van der Waals surface area contributed by atoms with E-state index in [9.17, 15) is 9.59 Å². The number of aromatic nitrogens is 2. The number of amides is 1. The van der Waals surface area contributed by atoms with Crippen LogP contribution in [0.25, 0.3) is 0 Å². The van der Waals surface area contributed by atoms with Crippen LogP contribution >= 0.6 is 0 Å². The normalized spacial score (nSPS) is 17.9. The van der Waals surface area contributed by atoms with E-state index in [0.29, 0.717) is 31.1 Å². The molecule has 0 radical (unpaired) electrons. The number of carbonyl (C=O) groups excluding carboxylic acids is 2. The molecule has 0 saturated carbocycles. The number of methoxy groups -OCH3 is 1. The number of rotatable bonds is 4. The first-order valence-electron chi connectivity index (χ1n) is 8.71. The maximum absolute atomic E-state index is 12.7. The van der Waals surface area contributed by atoms with E-state index >= 15 is 0 Å². The van der Waals surface area contributed by atoms with Gasteiger partial charge in [-0.05, 0) is 27.2 Å². The van der Waals surface area contributed by atoms with Gasteiger partial charge in [-0.3, -0.25) is 4.90 Å². The summed E-state index contributed by atoms with van der Waals surface area (Å²) in [5.74, 6) is -0.271. The van der Waals surface area contributed by atoms with Crippen LogP contribution in [0.5, 0.6) is 0 Å². The quantitative estimate of drug-likeness (QED) is 0.809. The summed E-state index contributed by atoms with van der Waals surface area (Å²) in [5.41, 5.74) is 6.17. The zero-order valence-corrected chi connectivity index (χ0v) is 16.1. The van der Waals surface area contributed by atoms with Gasteiger partial charge in [-0.1, -0.05) is 6.92 Å². The third kappa shape index (κ3) is 4.27. The fourth-order valence-corrected chi connectivity index (χ4v) is 2.83. The third-order valence-corrected chi connectivity index (χ3v) is 3.93. The highest BCUT2D eigenvalue weighted by molar-refractivity contribution is 5.91. The fraction of sp³-hybridized carbons (Fsp3) is 0.706. The number of anilines is 1. The molecule has 1 aliphatic rings. The van der Waals surface area contributed by atoms with Gasteiger partial charge in [-0.2, -0.15) is 5.10 Å². The summed E-state index contributed by atoms with van der Waals surface area (Å²) in [5, 5.41) is 4.30. The van der Waals surface area contributed by atoms with Crippen molar-refractivity contribution in [3.63, 3.8) is 0 Å². The molecular formula is C17H28N4O5. The molecule has 1 saturated heterocycles. The van der Waals surface area contributed by atoms with Gasteiger partial charge in [0.05, 0.1) is 31.9 Å². The lowest BCUT2D eigenvalue weighted by Gasteiger charge is -2.36. The summed E-state index contributed by atoms with van der Waals surface area (Å²) in [7, 11) is 1.28. The maximum Gasteiger partial charge on any atom is 0.410 e. The second kappa shape index (κ2) is 7.94. The van der Waals surface area contributed by atoms with Gasteiger partial charge < -0.3 is 19.9 Å². The molecule has 9 heteroatoms. The van der Waals surface area contributed by atoms with E-state index in [4.69, 9.17) is 19.9 Å². The highest BCUT2D eigenvalue weighted by Gasteiger charge is 2.38. The number of esters is 1. The Hall–Kier alpha value is -2.29. The number of ether oxygens (including phenoxy) is 3. The van der Waals surface area contributed by atoms with Crippen molar-refractivity contribution < 1.29 is 23.8 Å². The smallest absolute Gasteiger partial charge is 0.410 e. The number of carbonyl (C=O) groups is 2. The molecule has 1 aliphatic heterocycles. The minimum Gasteiger partial charge on any atom is -0.464 e. The standard InChI is InChI=1S/C17H28N4O5/c1-6-7-21-14(18)12(13(19-21)15(22)24-5)11-10-25-9-8-20(11)16(23)26-17(2,3)4/h11H,6-10,18H2,1-5H3. The lowest BCUT2D eigenvalue weighted by Crippen LogP contribution is -2.46. The zero-order valence-electron chi connectivity index (χ0n) is 16.1. The molecule has 1 aromatic rings. The van der Waals surface area contributed by atoms with Crippen molar-refractivity contribution in [3.05, 3.63) is 11.3 Å². The first-order valence-corrected chi connectivity index (χ1v) is 8.71. The van der Waals surface area contributed by atoms with Gasteiger partial charge in [-0.15, -0.1) is 0 Å². The average Bonchev–Trinajstić information content (AvgIpc) is 2.89. The monoisotopic (exact) mass is 368 g/mol. The Morgan fingerprint density at radius 2 is 2.08 bits per heavy atom. The molecule has 1 atom stereocenters. The molecule has 2 rings (SSSR count). The van der Waals surface area contributed by atoms with Crippen LogP contribution in [0, 0.1) is 0 Å². The van der Waals surface area contributed by atoms with E-state index in [-0.39, 0.29) is 12.3 Å². The van der Waals surface area contributed by atoms with Crippen LogP contribution in [-0.4, -0.2) is 59.2 Å². The molecule has 1 fully saturated rings. The number of nitrogens with zero attached hydrogens (tertiary/aromatic N) is 3. The molecule has 2 N–H and O–H groups in total. The summed E-state index contributed by atoms with van der Waals surface area (Å²) < 4.78 is 17.4. The maximum atomic E-state index is 12.7. The minimum absolute atomic E-state index is 0.0995. The van der Waals surface area contributed by atoms with Crippen LogP contribution in [0.15, 0.2) is 0 Å². The Morgan fingerprint density at radius 1 is 1.38 bits per heavy atom. The molecule has 1 amide bonds. The molecule has 9 nitrogen and oxygen atoms in total. The van der Waals surface area contributed by atoms with Crippen molar-refractivity contribution >= 4 is 17.9 Å². The fourth-order valence-electron chi connectivity index (χ4n) is 2.83. The molecule has 0 aromatic carbocycles. The Bertz CT molecular complexity index is 665. The molecule has 1 aromatic heterocycles. The largest absolute Gasteiger partial charge is 0.464 e. The molecule has 0 spiro atoms. The predicted octanol–water partition coefficient (Wildman–Crippen LogP) is 1.97. The summed E-state index contributed by atoms with van der Waals surface area (Å²) in [6.45, 7) is 8.84. The van der Waals surface area contributed by atoms with E-state index in [1.54, 1.807) is 25.5 Å². The number of morpholine rings is 1. The molecule has 26 heavy (non-hydrogen) atoms. The summed E-state index contributed by atoms with van der Waals surface area (Å²) in [4.78, 5) is 26.4. The lowest BCUT2D eigenvalue weighted by atomic mass is 10.0. The van der Waals surface area contributed by atoms with E-state index < -0.39 is 23.7 Å². The highest BCUT2D eigenvalue weighted by Crippen LogP contribution is 2.33. The van der Waals surface area contributed by atoms with Crippen molar-refractivity contribution in [3.8, 4) is 0 Å². The summed E-state index contributed by atoms with van der Waals surface area (Å²) in [6.07, 6.45) is 0.312. The van der Waals surface area contributed by atoms with Crippen molar-refractivity contribution in [2.24, 2.45) is 0 Å². The molecule has 146 valence electrons. The number of hydrogen-bond acceptors (Lipinski definition) is 7. The van der Waals surface area contributed by atoms with Crippen LogP contribution < -0.4 is 5.73 Å². The Balaban J connectivity index is 2.45. The van der Waals surface area contributed by atoms with E-state index in [1.807, 2.05) is 6.92 Å². The lowest BCUT2D eigenvalue weighted by molar-refractivity contribution is -0.0332. The molecule has 1 unspecified atom stereocenters. The first kappa shape index (κ1) is 20.0. The van der Waals surface area contributed by atoms with Crippen LogP contribution in [0.1, 0.15) is 56.2 Å². The molecule has 2 heterocycles. The van der Waals surface area contributed by atoms with Crippen LogP contribution in [0.2, 0.25) is 0 Å². The predicted molar refractivity (Wildman–Crippen MR) is 94.8 cm³/mol. The number of aryl methyl sites for hydroxylation is 1. The van der Waals surface area contributed by atoms with Crippen LogP contribution in [0.4, 0.5) is 10.6 Å². The van der Waals surface area contributed by atoms with Crippen molar-refractivity contribution in [1.82, 2.24) is 14.7 Å². The highest BCUT2D eigenvalue weighted by atomic mass is 16.6. The second-order valence-corrected chi connectivity index (χ2v) is 7.13. The first-order chi connectivity index (χ1) is 12.2. The SMILES string of the molecule is CCCn1nc(C(=O)OC)c(C2COCCN2C(=O)OC(C)(C)C)c1N. The number of nitrogen functional groups attached to an aromatic ring is 1. The minimum atomic E-state index is -0.636. The van der Waals surface area contributed by atoms with Crippen molar-refractivity contribution in [2.75, 3.05) is 32.6 Å². The van der Waals surface area contributed by atoms with Crippen molar-refractivity contribution in [1.29, 1.82) is 0 Å². The molecular weight excluding hydrogens is 340 g/mol. The van der Waals surface area contributed by atoms with Gasteiger partial charge in [0.1, 0.15) is 11.4 Å². The van der Waals surface area contributed by atoms with Gasteiger partial charge in [-0.25, -0.2) is 14.3 Å². The van der Waals surface area contributed by atoms with Gasteiger partial charge in [0, 0.05) is 13.1 Å². The van der Waals surface area contributed by atoms with Crippen molar-refractivity contribution in [2.45, 2.75) is 52.3 Å². The van der Waals surface area contributed by atoms with Crippen LogP contribution in [-0.2, 0) is 20.8 Å². The second-order valence-electron chi connectivity index (χ2n) is 7.13. The Labute approximate surface area is 153 Å². The molecule has 0 aliphatic carbocycles. The van der Waals surface area contributed by atoms with Gasteiger partial charge in [0.15, 0.2) is 5.69 Å². The van der Waals surface area contributed by atoms with E-state index in [1.165, 1.54) is 12.0 Å². The van der Waals surface area contributed by atoms with Gasteiger partial charge in [0.2, 0.25) is 0 Å². The zero-order chi connectivity index (χ0) is 19.5. The van der Waals surface area contributed by atoms with E-state index in [0.717, 1.165) is 6.42 Å². The van der Waals surface area contributed by atoms with Crippen LogP contribution in [0.3, 0.4) is 0 Å². The topological polar surface area (TPSA) is 109 Å². The van der Waals surface area contributed by atoms with Gasteiger partial charge in [0.25, 0.3) is 0 Å². The number of hydrogen-bond donors (Lipinski definition) is 1. The Kier molecular flexibility index (Phi) is 6.12. The Morgan fingerprint density at radius 3 is 2.65 bits per heavy atom. The summed E-state index contributed by atoms with van der Waals surface area (Å²) in [6, 6.07) is -0.571. The molecule has 0 bridgehead atoms. The third-order valence-electron chi connectivity index (χ3n) is 3.93. The van der Waals surface area contributed by atoms with Gasteiger partial charge >= 0.3 is 12.1 Å². The number of nitrogens with two attached hydrogens (primary N) is 1. The van der Waals surface area contributed by atoms with E-state index in [2.05, 4.69) is 5.10 Å². The average molecular weight is 368 g/mol. The summed E-state index contributed by atoms with van der Waals surface area (Å²) >= 11 is 0.